The minimum Gasteiger partial charge on any atom is -0.353 e. The Hall–Kier alpha value is -0.570. The molecule has 1 saturated carbocycles. The van der Waals surface area contributed by atoms with Gasteiger partial charge in [-0.3, -0.25) is 4.79 Å². The summed E-state index contributed by atoms with van der Waals surface area (Å²) in [4.78, 5) is 11.9. The van der Waals surface area contributed by atoms with Crippen molar-refractivity contribution < 1.29 is 4.79 Å². The van der Waals surface area contributed by atoms with E-state index in [1.165, 1.54) is 12.8 Å². The van der Waals surface area contributed by atoms with Crippen LogP contribution in [0.5, 0.6) is 0 Å². The highest BCUT2D eigenvalue weighted by atomic mass is 16.1. The maximum atomic E-state index is 11.9. The number of carbonyl (C=O) groups excluding carboxylic acids is 1. The van der Waals surface area contributed by atoms with E-state index in [4.69, 9.17) is 5.73 Å². The smallest absolute Gasteiger partial charge is 0.224 e. The summed E-state index contributed by atoms with van der Waals surface area (Å²) in [6, 6.07) is 0.306. The monoisotopic (exact) mass is 240 g/mol. The van der Waals surface area contributed by atoms with E-state index in [2.05, 4.69) is 19.2 Å². The third-order valence-corrected chi connectivity index (χ3v) is 4.26. The zero-order valence-electron chi connectivity index (χ0n) is 11.7. The molecule has 0 heterocycles. The van der Waals surface area contributed by atoms with E-state index in [1.807, 2.05) is 13.8 Å². The SMILES string of the molecule is CC(C)C1CCC(NC(=O)C(C)C(C)N)CC1. The predicted octanol–water partition coefficient (Wildman–Crippen LogP) is 2.30. The molecule has 1 amide bonds. The Morgan fingerprint density at radius 2 is 1.65 bits per heavy atom. The highest BCUT2D eigenvalue weighted by Crippen LogP contribution is 2.29. The van der Waals surface area contributed by atoms with E-state index in [9.17, 15) is 4.79 Å². The second-order valence-electron chi connectivity index (χ2n) is 6.01. The first-order chi connectivity index (χ1) is 7.91. The molecule has 0 bridgehead atoms. The highest BCUT2D eigenvalue weighted by Gasteiger charge is 2.26. The molecule has 2 atom stereocenters. The molecular formula is C14H28N2O. The van der Waals surface area contributed by atoms with Crippen LogP contribution in [0.25, 0.3) is 0 Å². The Labute approximate surface area is 106 Å². The predicted molar refractivity (Wildman–Crippen MR) is 71.5 cm³/mol. The third kappa shape index (κ3) is 4.30. The number of amides is 1. The summed E-state index contributed by atoms with van der Waals surface area (Å²) >= 11 is 0. The second kappa shape index (κ2) is 6.39. The zero-order chi connectivity index (χ0) is 13.0. The fourth-order valence-corrected chi connectivity index (χ4v) is 2.50. The molecule has 2 unspecified atom stereocenters. The summed E-state index contributed by atoms with van der Waals surface area (Å²) in [5.74, 6) is 1.65. The summed E-state index contributed by atoms with van der Waals surface area (Å²) in [6.45, 7) is 8.38. The molecule has 0 saturated heterocycles. The average Bonchev–Trinajstić information content (AvgIpc) is 2.28. The molecule has 1 fully saturated rings. The van der Waals surface area contributed by atoms with Crippen molar-refractivity contribution in [3.8, 4) is 0 Å². The molecule has 3 heteroatoms. The average molecular weight is 240 g/mol. The molecule has 0 aliphatic heterocycles. The topological polar surface area (TPSA) is 55.1 Å². The van der Waals surface area contributed by atoms with Crippen LogP contribution in [-0.2, 0) is 4.79 Å². The van der Waals surface area contributed by atoms with Crippen molar-refractivity contribution in [2.75, 3.05) is 0 Å². The minimum atomic E-state index is -0.0853. The molecule has 100 valence electrons. The quantitative estimate of drug-likeness (QED) is 0.792. The van der Waals surface area contributed by atoms with Gasteiger partial charge in [0, 0.05) is 18.0 Å². The van der Waals surface area contributed by atoms with Gasteiger partial charge in [0.05, 0.1) is 0 Å². The van der Waals surface area contributed by atoms with Gasteiger partial charge >= 0.3 is 0 Å². The van der Waals surface area contributed by atoms with Gasteiger partial charge in [-0.25, -0.2) is 0 Å². The van der Waals surface area contributed by atoms with E-state index in [1.54, 1.807) is 0 Å². The first kappa shape index (κ1) is 14.5. The van der Waals surface area contributed by atoms with Gasteiger partial charge in [-0.2, -0.15) is 0 Å². The Morgan fingerprint density at radius 1 is 1.12 bits per heavy atom. The van der Waals surface area contributed by atoms with Crippen LogP contribution in [0.4, 0.5) is 0 Å². The van der Waals surface area contributed by atoms with E-state index < -0.39 is 0 Å². The lowest BCUT2D eigenvalue weighted by molar-refractivity contribution is -0.125. The van der Waals surface area contributed by atoms with Gasteiger partial charge in [-0.15, -0.1) is 0 Å². The molecule has 1 rings (SSSR count). The van der Waals surface area contributed by atoms with Gasteiger partial charge in [-0.05, 0) is 44.4 Å². The van der Waals surface area contributed by atoms with Crippen molar-refractivity contribution in [3.05, 3.63) is 0 Å². The van der Waals surface area contributed by atoms with E-state index in [-0.39, 0.29) is 17.9 Å². The molecular weight excluding hydrogens is 212 g/mol. The molecule has 0 spiro atoms. The first-order valence-corrected chi connectivity index (χ1v) is 6.97. The number of rotatable bonds is 4. The van der Waals surface area contributed by atoms with Gasteiger partial charge in [-0.1, -0.05) is 20.8 Å². The summed E-state index contributed by atoms with van der Waals surface area (Å²) in [7, 11) is 0. The first-order valence-electron chi connectivity index (χ1n) is 6.97. The van der Waals surface area contributed by atoms with Gasteiger partial charge in [0.1, 0.15) is 0 Å². The van der Waals surface area contributed by atoms with Crippen molar-refractivity contribution in [2.45, 2.75) is 65.5 Å². The highest BCUT2D eigenvalue weighted by molar-refractivity contribution is 5.79. The summed E-state index contributed by atoms with van der Waals surface area (Å²) in [5.41, 5.74) is 5.74. The Kier molecular flexibility index (Phi) is 5.44. The lowest BCUT2D eigenvalue weighted by Gasteiger charge is -2.32. The third-order valence-electron chi connectivity index (χ3n) is 4.26. The molecule has 0 radical (unpaired) electrons. The van der Waals surface area contributed by atoms with Gasteiger partial charge in [0.25, 0.3) is 0 Å². The van der Waals surface area contributed by atoms with Gasteiger partial charge in [0.2, 0.25) is 5.91 Å². The molecule has 1 aliphatic rings. The van der Waals surface area contributed by atoms with Crippen LogP contribution in [0, 0.1) is 17.8 Å². The molecule has 0 aromatic heterocycles. The summed E-state index contributed by atoms with van der Waals surface area (Å²) in [5, 5.41) is 3.14. The van der Waals surface area contributed by atoms with Crippen molar-refractivity contribution in [1.29, 1.82) is 0 Å². The molecule has 3 N–H and O–H groups in total. The van der Waals surface area contributed by atoms with Crippen LogP contribution in [0.15, 0.2) is 0 Å². The van der Waals surface area contributed by atoms with Crippen LogP contribution in [-0.4, -0.2) is 18.0 Å². The fourth-order valence-electron chi connectivity index (χ4n) is 2.50. The minimum absolute atomic E-state index is 0.0676. The lowest BCUT2D eigenvalue weighted by Crippen LogP contribution is -2.44. The van der Waals surface area contributed by atoms with E-state index >= 15 is 0 Å². The molecule has 1 aliphatic carbocycles. The summed E-state index contributed by atoms with van der Waals surface area (Å²) in [6.07, 6.45) is 4.74. The largest absolute Gasteiger partial charge is 0.353 e. The number of nitrogens with two attached hydrogens (primary N) is 1. The molecule has 0 aromatic carbocycles. The number of hydrogen-bond donors (Lipinski definition) is 2. The maximum Gasteiger partial charge on any atom is 0.224 e. The molecule has 17 heavy (non-hydrogen) atoms. The Bertz CT molecular complexity index is 243. The van der Waals surface area contributed by atoms with E-state index in [0.29, 0.717) is 6.04 Å². The van der Waals surface area contributed by atoms with Crippen LogP contribution >= 0.6 is 0 Å². The lowest BCUT2D eigenvalue weighted by atomic mass is 9.79. The van der Waals surface area contributed by atoms with Gasteiger partial charge in [0.15, 0.2) is 0 Å². The van der Waals surface area contributed by atoms with Crippen molar-refractivity contribution >= 4 is 5.91 Å². The number of hydrogen-bond acceptors (Lipinski definition) is 2. The number of carbonyl (C=O) groups is 1. The van der Waals surface area contributed by atoms with Crippen molar-refractivity contribution in [1.82, 2.24) is 5.32 Å². The van der Waals surface area contributed by atoms with Crippen molar-refractivity contribution in [3.63, 3.8) is 0 Å². The number of nitrogens with one attached hydrogen (secondary N) is 1. The van der Waals surface area contributed by atoms with Crippen LogP contribution in [0.2, 0.25) is 0 Å². The Morgan fingerprint density at radius 3 is 2.06 bits per heavy atom. The van der Waals surface area contributed by atoms with Crippen molar-refractivity contribution in [2.24, 2.45) is 23.5 Å². The van der Waals surface area contributed by atoms with Crippen LogP contribution in [0.3, 0.4) is 0 Å². The standard InChI is InChI=1S/C14H28N2O/c1-9(2)12-5-7-13(8-6-12)16-14(17)10(3)11(4)15/h9-13H,5-8,15H2,1-4H3,(H,16,17). The normalized spacial score (nSPS) is 28.8. The van der Waals surface area contributed by atoms with E-state index in [0.717, 1.165) is 24.7 Å². The fraction of sp³-hybridized carbons (Fsp3) is 0.929. The maximum absolute atomic E-state index is 11.9. The van der Waals surface area contributed by atoms with Crippen LogP contribution in [0.1, 0.15) is 53.4 Å². The molecule has 3 nitrogen and oxygen atoms in total. The van der Waals surface area contributed by atoms with Crippen LogP contribution < -0.4 is 11.1 Å². The zero-order valence-corrected chi connectivity index (χ0v) is 11.7. The van der Waals surface area contributed by atoms with Gasteiger partial charge < -0.3 is 11.1 Å². The summed E-state index contributed by atoms with van der Waals surface area (Å²) < 4.78 is 0. The molecule has 0 aromatic rings. The Balaban J connectivity index is 2.33. The second-order valence-corrected chi connectivity index (χ2v) is 6.01.